The molecule has 0 aromatic heterocycles. The van der Waals surface area contributed by atoms with Gasteiger partial charge in [0.15, 0.2) is 0 Å². The zero-order valence-electron chi connectivity index (χ0n) is 13.3. The fourth-order valence-electron chi connectivity index (χ4n) is 3.05. The average molecular weight is 301 g/mol. The van der Waals surface area contributed by atoms with E-state index in [4.69, 9.17) is 0 Å². The number of likely N-dealkylation sites (tertiary alicyclic amines) is 1. The Labute approximate surface area is 131 Å². The Balaban J connectivity index is 2.27. The van der Waals surface area contributed by atoms with Crippen LogP contribution in [0.3, 0.4) is 0 Å². The lowest BCUT2D eigenvalue weighted by atomic mass is 9.74. The van der Waals surface area contributed by atoms with Gasteiger partial charge in [-0.15, -0.1) is 0 Å². The highest BCUT2D eigenvalue weighted by atomic mass is 16.4. The molecule has 2 rings (SSSR count). The summed E-state index contributed by atoms with van der Waals surface area (Å²) in [6.45, 7) is 6.42. The summed E-state index contributed by atoms with van der Waals surface area (Å²) in [7, 11) is 0. The number of benzene rings is 1. The number of carbonyl (C=O) groups is 1. The number of rotatable bonds is 2. The minimum atomic E-state index is -0.911. The summed E-state index contributed by atoms with van der Waals surface area (Å²) in [4.78, 5) is 13.0. The smallest absolute Gasteiger partial charge is 0.407 e. The predicted molar refractivity (Wildman–Crippen MR) is 85.6 cm³/mol. The van der Waals surface area contributed by atoms with Gasteiger partial charge >= 0.3 is 6.09 Å². The zero-order chi connectivity index (χ0) is 16.4. The minimum Gasteiger partial charge on any atom is -0.465 e. The molecule has 1 aliphatic heterocycles. The highest BCUT2D eigenvalue weighted by Crippen LogP contribution is 2.38. The maximum atomic E-state index is 11.5. The van der Waals surface area contributed by atoms with Crippen molar-refractivity contribution in [3.05, 3.63) is 30.3 Å². The first-order valence-corrected chi connectivity index (χ1v) is 7.51. The van der Waals surface area contributed by atoms with Crippen molar-refractivity contribution < 1.29 is 9.90 Å². The summed E-state index contributed by atoms with van der Waals surface area (Å²) >= 11 is 0. The molecule has 1 aromatic rings. The molecule has 0 bridgehead atoms. The first kappa shape index (κ1) is 16.2. The number of hydrogen-bond donors (Lipinski definition) is 2. The van der Waals surface area contributed by atoms with Crippen LogP contribution in [0, 0.1) is 16.7 Å². The number of nitriles is 1. The largest absolute Gasteiger partial charge is 0.465 e. The van der Waals surface area contributed by atoms with Crippen LogP contribution >= 0.6 is 0 Å². The number of amides is 1. The summed E-state index contributed by atoms with van der Waals surface area (Å²) in [6.07, 6.45) is 0.0528. The third kappa shape index (κ3) is 3.33. The average Bonchev–Trinajstić information content (AvgIpc) is 2.47. The number of nitrogens with one attached hydrogen (secondary N) is 1. The molecule has 22 heavy (non-hydrogen) atoms. The van der Waals surface area contributed by atoms with E-state index >= 15 is 0 Å². The SMILES string of the molecule is CC(C)(C)C1CC(C#N)(Nc2ccccc2)CCN1C(=O)O. The van der Waals surface area contributed by atoms with E-state index < -0.39 is 11.6 Å². The molecule has 5 heteroatoms. The van der Waals surface area contributed by atoms with Crippen LogP contribution in [0.2, 0.25) is 0 Å². The first-order valence-electron chi connectivity index (χ1n) is 7.51. The van der Waals surface area contributed by atoms with Crippen LogP contribution in [0.4, 0.5) is 10.5 Å². The Morgan fingerprint density at radius 3 is 2.55 bits per heavy atom. The van der Waals surface area contributed by atoms with Gasteiger partial charge in [-0.05, 0) is 17.5 Å². The van der Waals surface area contributed by atoms with E-state index in [9.17, 15) is 15.2 Å². The second-order valence-corrected chi connectivity index (χ2v) is 7.00. The second-order valence-electron chi connectivity index (χ2n) is 7.00. The van der Waals surface area contributed by atoms with Crippen molar-refractivity contribution in [2.24, 2.45) is 5.41 Å². The third-order valence-electron chi connectivity index (χ3n) is 4.31. The number of carboxylic acid groups (broad SMARTS) is 1. The first-order chi connectivity index (χ1) is 10.3. The van der Waals surface area contributed by atoms with Crippen molar-refractivity contribution in [2.45, 2.75) is 45.2 Å². The second kappa shape index (κ2) is 5.88. The monoisotopic (exact) mass is 301 g/mol. The van der Waals surface area contributed by atoms with E-state index in [1.165, 1.54) is 4.90 Å². The van der Waals surface area contributed by atoms with Crippen LogP contribution < -0.4 is 5.32 Å². The van der Waals surface area contributed by atoms with Crippen LogP contribution in [0.25, 0.3) is 0 Å². The normalized spacial score (nSPS) is 25.4. The van der Waals surface area contributed by atoms with Crippen LogP contribution in [0.1, 0.15) is 33.6 Å². The number of piperidine rings is 1. The number of nitrogens with zero attached hydrogens (tertiary/aromatic N) is 2. The Bertz CT molecular complexity index is 574. The van der Waals surface area contributed by atoms with Gasteiger partial charge in [-0.25, -0.2) is 4.79 Å². The molecule has 0 aliphatic carbocycles. The zero-order valence-corrected chi connectivity index (χ0v) is 13.3. The molecule has 1 amide bonds. The Morgan fingerprint density at radius 1 is 1.41 bits per heavy atom. The molecule has 0 radical (unpaired) electrons. The third-order valence-corrected chi connectivity index (χ3v) is 4.31. The molecule has 5 nitrogen and oxygen atoms in total. The van der Waals surface area contributed by atoms with Gasteiger partial charge in [-0.1, -0.05) is 39.0 Å². The molecule has 0 spiro atoms. The molecule has 1 aliphatic rings. The number of hydrogen-bond acceptors (Lipinski definition) is 3. The van der Waals surface area contributed by atoms with E-state index in [2.05, 4.69) is 11.4 Å². The van der Waals surface area contributed by atoms with Gasteiger partial charge in [0, 0.05) is 31.1 Å². The van der Waals surface area contributed by atoms with Gasteiger partial charge in [0.2, 0.25) is 0 Å². The van der Waals surface area contributed by atoms with Gasteiger partial charge in [-0.2, -0.15) is 5.26 Å². The van der Waals surface area contributed by atoms with Gasteiger partial charge < -0.3 is 15.3 Å². The number of anilines is 1. The molecule has 1 fully saturated rings. The van der Waals surface area contributed by atoms with Gasteiger partial charge in [0.05, 0.1) is 6.07 Å². The summed E-state index contributed by atoms with van der Waals surface area (Å²) in [5.74, 6) is 0. The lowest BCUT2D eigenvalue weighted by Crippen LogP contribution is -2.58. The fraction of sp³-hybridized carbons (Fsp3) is 0.529. The maximum Gasteiger partial charge on any atom is 0.407 e. The molecular weight excluding hydrogens is 278 g/mol. The summed E-state index contributed by atoms with van der Waals surface area (Å²) in [5.41, 5.74) is -0.0645. The molecule has 1 saturated heterocycles. The van der Waals surface area contributed by atoms with E-state index in [-0.39, 0.29) is 11.5 Å². The van der Waals surface area contributed by atoms with Crippen LogP contribution in [0.5, 0.6) is 0 Å². The van der Waals surface area contributed by atoms with Crippen LogP contribution in [-0.4, -0.2) is 34.2 Å². The van der Waals surface area contributed by atoms with Gasteiger partial charge in [0.25, 0.3) is 0 Å². The predicted octanol–water partition coefficient (Wildman–Crippen LogP) is 3.55. The standard InChI is InChI=1S/C17H23N3O2/c1-16(2,3)14-11-17(12-18,9-10-20(14)15(21)22)19-13-7-5-4-6-8-13/h4-8,14,19H,9-11H2,1-3H3,(H,21,22). The lowest BCUT2D eigenvalue weighted by Gasteiger charge is -2.48. The molecule has 1 heterocycles. The summed E-state index contributed by atoms with van der Waals surface area (Å²) < 4.78 is 0. The van der Waals surface area contributed by atoms with Gasteiger partial charge in [-0.3, -0.25) is 0 Å². The topological polar surface area (TPSA) is 76.4 Å². The summed E-state index contributed by atoms with van der Waals surface area (Å²) in [6, 6.07) is 11.8. The van der Waals surface area contributed by atoms with E-state index in [1.54, 1.807) is 0 Å². The molecule has 2 unspecified atom stereocenters. The molecule has 118 valence electrons. The van der Waals surface area contributed by atoms with Crippen molar-refractivity contribution in [1.29, 1.82) is 5.26 Å². The highest BCUT2D eigenvalue weighted by molar-refractivity contribution is 5.66. The molecule has 2 N–H and O–H groups in total. The van der Waals surface area contributed by atoms with E-state index in [1.807, 2.05) is 51.1 Å². The van der Waals surface area contributed by atoms with Crippen LogP contribution in [-0.2, 0) is 0 Å². The van der Waals surface area contributed by atoms with Crippen LogP contribution in [0.15, 0.2) is 30.3 Å². The van der Waals surface area contributed by atoms with Gasteiger partial charge in [0.1, 0.15) is 5.54 Å². The fourth-order valence-corrected chi connectivity index (χ4v) is 3.05. The maximum absolute atomic E-state index is 11.5. The lowest BCUT2D eigenvalue weighted by molar-refractivity contribution is 0.0464. The Morgan fingerprint density at radius 2 is 2.05 bits per heavy atom. The highest BCUT2D eigenvalue weighted by Gasteiger charge is 2.46. The minimum absolute atomic E-state index is 0.199. The molecular formula is C17H23N3O2. The summed E-state index contributed by atoms with van der Waals surface area (Å²) in [5, 5.41) is 22.5. The molecule has 2 atom stereocenters. The molecule has 0 saturated carbocycles. The van der Waals surface area contributed by atoms with Crippen molar-refractivity contribution in [3.63, 3.8) is 0 Å². The quantitative estimate of drug-likeness (QED) is 0.876. The van der Waals surface area contributed by atoms with Crippen molar-refractivity contribution >= 4 is 11.8 Å². The van der Waals surface area contributed by atoms with E-state index in [0.29, 0.717) is 19.4 Å². The van der Waals surface area contributed by atoms with Crippen molar-refractivity contribution in [2.75, 3.05) is 11.9 Å². The van der Waals surface area contributed by atoms with Crippen molar-refractivity contribution in [1.82, 2.24) is 4.90 Å². The Kier molecular flexibility index (Phi) is 4.32. The molecule has 1 aromatic carbocycles. The van der Waals surface area contributed by atoms with E-state index in [0.717, 1.165) is 5.69 Å². The number of para-hydroxylation sites is 1. The van der Waals surface area contributed by atoms with Crippen molar-refractivity contribution in [3.8, 4) is 6.07 Å². The Hall–Kier alpha value is -2.22.